The Bertz CT molecular complexity index is 4390. The molecule has 0 unspecified atom stereocenters. The Morgan fingerprint density at radius 2 is 0.272 bits per heavy atom. The van der Waals surface area contributed by atoms with Gasteiger partial charge >= 0.3 is 0 Å². The third-order valence-electron chi connectivity index (χ3n) is 19.6. The highest BCUT2D eigenvalue weighted by atomic mass is 14.3. The van der Waals surface area contributed by atoms with Gasteiger partial charge in [-0.05, 0) is 305 Å². The third kappa shape index (κ3) is 11.0. The van der Waals surface area contributed by atoms with E-state index in [9.17, 15) is 0 Å². The van der Waals surface area contributed by atoms with Gasteiger partial charge < -0.3 is 0 Å². The maximum absolute atomic E-state index is 2.50. The average Bonchev–Trinajstić information content (AvgIpc) is 0.773. The molecule has 442 valence electrons. The third-order valence-corrected chi connectivity index (χ3v) is 19.6. The Kier molecular flexibility index (Phi) is 16.1. The molecule has 14 aromatic carbocycles. The van der Waals surface area contributed by atoms with Gasteiger partial charge in [-0.15, -0.1) is 0 Å². The lowest BCUT2D eigenvalue weighted by molar-refractivity contribution is 1.33. The fraction of sp³-hybridized carbons (Fsp3) is 0.0870. The van der Waals surface area contributed by atoms with Crippen LogP contribution in [0.2, 0.25) is 0 Å². The van der Waals surface area contributed by atoms with E-state index in [1.807, 2.05) is 0 Å². The van der Waals surface area contributed by atoms with Crippen molar-refractivity contribution in [3.05, 3.63) is 348 Å². The summed E-state index contributed by atoms with van der Waals surface area (Å²) in [6.45, 7) is 18.5. The Hall–Kier alpha value is -10.9. The first-order chi connectivity index (χ1) is 45.0. The van der Waals surface area contributed by atoms with Gasteiger partial charge in [0.25, 0.3) is 0 Å². The van der Waals surface area contributed by atoms with Crippen LogP contribution in [0.3, 0.4) is 0 Å². The number of hydrogen-bond acceptors (Lipinski definition) is 0. The first kappa shape index (κ1) is 58.7. The van der Waals surface area contributed by atoms with E-state index < -0.39 is 0 Å². The molecule has 0 aliphatic heterocycles. The molecule has 0 aliphatic rings. The van der Waals surface area contributed by atoms with Crippen LogP contribution >= 0.6 is 0 Å². The quantitative estimate of drug-likeness (QED) is 0.108. The molecule has 0 saturated heterocycles. The second kappa shape index (κ2) is 25.2. The van der Waals surface area contributed by atoms with E-state index >= 15 is 0 Å². The standard InChI is InChI=1S/C92H74/c1-59-63(5)89(71-41-25-13-26-42-71)85(55-81(59)67-33-17-9-18-34-67)77-49-75(50-78(53-77)86-56-82(68-35-19-10-20-36-68)60(2)64(6)90(86)72-43-27-14-28-44-72)76-51-79(87-57-83(69-37-21-11-22-38-69)61(3)65(7)91(87)73-45-29-15-30-46-73)54-80(52-76)88-58-84(70-39-23-12-24-40-70)62(4)66(8)92(88)74-47-31-16-32-48-74/h9-58H,1-8H3. The van der Waals surface area contributed by atoms with E-state index in [0.29, 0.717) is 0 Å². The second-order valence-corrected chi connectivity index (χ2v) is 24.9. The summed E-state index contributed by atoms with van der Waals surface area (Å²) >= 11 is 0. The summed E-state index contributed by atoms with van der Waals surface area (Å²) in [5.74, 6) is 0. The monoisotopic (exact) mass is 1180 g/mol. The summed E-state index contributed by atoms with van der Waals surface area (Å²) in [4.78, 5) is 0. The summed E-state index contributed by atoms with van der Waals surface area (Å²) in [6.07, 6.45) is 0. The van der Waals surface area contributed by atoms with E-state index in [1.165, 1.54) is 156 Å². The first-order valence-electron chi connectivity index (χ1n) is 32.3. The molecule has 0 heterocycles. The van der Waals surface area contributed by atoms with E-state index in [-0.39, 0.29) is 0 Å². The van der Waals surface area contributed by atoms with Crippen molar-refractivity contribution in [1.29, 1.82) is 0 Å². The highest BCUT2D eigenvalue weighted by Crippen LogP contribution is 2.50. The van der Waals surface area contributed by atoms with Crippen molar-refractivity contribution in [3.63, 3.8) is 0 Å². The molecular weight excluding hydrogens is 1110 g/mol. The smallest absolute Gasteiger partial charge is 0.00730 e. The van der Waals surface area contributed by atoms with Crippen molar-refractivity contribution in [2.24, 2.45) is 0 Å². The van der Waals surface area contributed by atoms with Gasteiger partial charge in [0.05, 0.1) is 0 Å². The maximum atomic E-state index is 2.50. The van der Waals surface area contributed by atoms with Crippen LogP contribution < -0.4 is 0 Å². The molecule has 0 fully saturated rings. The topological polar surface area (TPSA) is 0 Å². The van der Waals surface area contributed by atoms with Crippen molar-refractivity contribution >= 4 is 0 Å². The fourth-order valence-corrected chi connectivity index (χ4v) is 14.4. The van der Waals surface area contributed by atoms with Crippen molar-refractivity contribution in [3.8, 4) is 145 Å². The summed E-state index contributed by atoms with van der Waals surface area (Å²) in [5.41, 5.74) is 41.2. The van der Waals surface area contributed by atoms with Crippen molar-refractivity contribution < 1.29 is 0 Å². The maximum Gasteiger partial charge on any atom is -0.00730 e. The molecule has 0 aromatic heterocycles. The number of hydrogen-bond donors (Lipinski definition) is 0. The first-order valence-corrected chi connectivity index (χ1v) is 32.3. The van der Waals surface area contributed by atoms with Crippen LogP contribution in [0.1, 0.15) is 44.5 Å². The van der Waals surface area contributed by atoms with Crippen molar-refractivity contribution in [2.45, 2.75) is 55.4 Å². The molecular formula is C92H74. The molecule has 14 rings (SSSR count). The van der Waals surface area contributed by atoms with Crippen LogP contribution in [-0.2, 0) is 0 Å². The minimum Gasteiger partial charge on any atom is -0.0622 e. The Balaban J connectivity index is 1.16. The number of benzene rings is 14. The van der Waals surface area contributed by atoms with Crippen LogP contribution in [0, 0.1) is 55.4 Å². The summed E-state index contributed by atoms with van der Waals surface area (Å²) in [6, 6.07) is 113. The van der Waals surface area contributed by atoms with E-state index in [2.05, 4.69) is 359 Å². The predicted octanol–water partition coefficient (Wildman–Crippen LogP) is 25.8. The lowest BCUT2D eigenvalue weighted by atomic mass is 9.79. The lowest BCUT2D eigenvalue weighted by Gasteiger charge is -2.24. The highest BCUT2D eigenvalue weighted by Gasteiger charge is 2.25. The van der Waals surface area contributed by atoms with E-state index in [1.54, 1.807) is 0 Å². The van der Waals surface area contributed by atoms with Crippen LogP contribution in [0.15, 0.2) is 303 Å². The molecule has 0 saturated carbocycles. The Morgan fingerprint density at radius 1 is 0.120 bits per heavy atom. The zero-order valence-electron chi connectivity index (χ0n) is 53.9. The molecule has 0 radical (unpaired) electrons. The van der Waals surface area contributed by atoms with Gasteiger partial charge in [-0.2, -0.15) is 0 Å². The largest absolute Gasteiger partial charge is 0.0622 e. The molecule has 0 amide bonds. The highest BCUT2D eigenvalue weighted by molar-refractivity contribution is 6.01. The molecule has 0 nitrogen and oxygen atoms in total. The van der Waals surface area contributed by atoms with Gasteiger partial charge in [-0.3, -0.25) is 0 Å². The van der Waals surface area contributed by atoms with Gasteiger partial charge in [-0.25, -0.2) is 0 Å². The molecule has 0 heteroatoms. The predicted molar refractivity (Wildman–Crippen MR) is 395 cm³/mol. The van der Waals surface area contributed by atoms with Gasteiger partial charge in [0.1, 0.15) is 0 Å². The van der Waals surface area contributed by atoms with Crippen LogP contribution in [-0.4, -0.2) is 0 Å². The fourth-order valence-electron chi connectivity index (χ4n) is 14.4. The van der Waals surface area contributed by atoms with Gasteiger partial charge in [0.15, 0.2) is 0 Å². The van der Waals surface area contributed by atoms with Gasteiger partial charge in [0.2, 0.25) is 0 Å². The van der Waals surface area contributed by atoms with E-state index in [0.717, 1.165) is 33.4 Å². The molecule has 0 aliphatic carbocycles. The van der Waals surface area contributed by atoms with E-state index in [4.69, 9.17) is 0 Å². The van der Waals surface area contributed by atoms with Crippen LogP contribution in [0.4, 0.5) is 0 Å². The van der Waals surface area contributed by atoms with Crippen LogP contribution in [0.25, 0.3) is 145 Å². The SMILES string of the molecule is Cc1c(-c2ccccc2)cc(-c2cc(-c3cc(-c4cc(-c5ccccc5)c(C)c(C)c4-c4ccccc4)cc(-c4cc(-c5ccccc5)c(C)c(C)c4-c4ccccc4)c3)cc(-c3cc(-c4ccccc4)c(C)c(C)c3-c3ccccc3)c2)c(-c2ccccc2)c1C. The summed E-state index contributed by atoms with van der Waals surface area (Å²) in [7, 11) is 0. The minimum absolute atomic E-state index is 1.12. The van der Waals surface area contributed by atoms with Crippen LogP contribution in [0.5, 0.6) is 0 Å². The van der Waals surface area contributed by atoms with Gasteiger partial charge in [-0.1, -0.05) is 243 Å². The zero-order valence-corrected chi connectivity index (χ0v) is 53.9. The van der Waals surface area contributed by atoms with Crippen molar-refractivity contribution in [2.75, 3.05) is 0 Å². The molecule has 14 aromatic rings. The molecule has 0 spiro atoms. The minimum atomic E-state index is 1.12. The van der Waals surface area contributed by atoms with Gasteiger partial charge in [0, 0.05) is 0 Å². The zero-order chi connectivity index (χ0) is 63.0. The number of rotatable bonds is 13. The summed E-state index contributed by atoms with van der Waals surface area (Å²) < 4.78 is 0. The molecule has 0 N–H and O–H groups in total. The Morgan fingerprint density at radius 3 is 0.446 bits per heavy atom. The molecule has 92 heavy (non-hydrogen) atoms. The van der Waals surface area contributed by atoms with Crippen molar-refractivity contribution in [1.82, 2.24) is 0 Å². The second-order valence-electron chi connectivity index (χ2n) is 24.9. The molecule has 0 bridgehead atoms. The Labute approximate surface area is 544 Å². The normalized spacial score (nSPS) is 11.3. The molecule has 0 atom stereocenters. The lowest BCUT2D eigenvalue weighted by Crippen LogP contribution is -2.00. The average molecular weight is 1180 g/mol. The summed E-state index contributed by atoms with van der Waals surface area (Å²) in [5, 5.41) is 0.